The number of pyridine rings is 1. The maximum absolute atomic E-state index is 12.2. The highest BCUT2D eigenvalue weighted by Crippen LogP contribution is 2.38. The Bertz CT molecular complexity index is 1180. The molecule has 4 rings (SSSR count). The lowest BCUT2D eigenvalue weighted by atomic mass is 10.0. The van der Waals surface area contributed by atoms with Crippen LogP contribution in [0.5, 0.6) is 11.5 Å². The van der Waals surface area contributed by atoms with Crippen LogP contribution in [0.25, 0.3) is 10.9 Å². The predicted octanol–water partition coefficient (Wildman–Crippen LogP) is 2.60. The summed E-state index contributed by atoms with van der Waals surface area (Å²) in [5, 5.41) is 13.7. The smallest absolute Gasteiger partial charge is 0.252 e. The number of aliphatic hydroxyl groups excluding tert-OH is 1. The molecule has 1 fully saturated rings. The number of methoxy groups -OCH3 is 1. The number of aliphatic hydroxyl groups is 1. The second-order valence-corrected chi connectivity index (χ2v) is 8.11. The molecule has 0 bridgehead atoms. The largest absolute Gasteiger partial charge is 0.493 e. The van der Waals surface area contributed by atoms with Gasteiger partial charge < -0.3 is 30.4 Å². The summed E-state index contributed by atoms with van der Waals surface area (Å²) in [7, 11) is 1.58. The van der Waals surface area contributed by atoms with Crippen LogP contribution in [0.2, 0.25) is 0 Å². The number of hydrogen-bond donors (Lipinski definition) is 3. The van der Waals surface area contributed by atoms with E-state index in [9.17, 15) is 9.90 Å². The maximum atomic E-state index is 12.2. The number of nitrogens with two attached hydrogens (primary N) is 1. The molecule has 0 spiro atoms. The Kier molecular flexibility index (Phi) is 7.46. The molecular weight excluding hydrogens is 436 g/mol. The van der Waals surface area contributed by atoms with E-state index in [4.69, 9.17) is 19.9 Å². The lowest BCUT2D eigenvalue weighted by molar-refractivity contribution is 0.0321. The summed E-state index contributed by atoms with van der Waals surface area (Å²) in [5.41, 5.74) is 9.51. The first-order valence-corrected chi connectivity index (χ1v) is 11.2. The lowest BCUT2D eigenvalue weighted by Crippen LogP contribution is -2.38. The molecule has 1 amide bonds. The Morgan fingerprint density at radius 2 is 2.06 bits per heavy atom. The molecule has 0 radical (unpaired) electrons. The summed E-state index contributed by atoms with van der Waals surface area (Å²) in [6.07, 6.45) is 1.45. The molecule has 1 aliphatic heterocycles. The second-order valence-electron chi connectivity index (χ2n) is 8.11. The van der Waals surface area contributed by atoms with Crippen LogP contribution < -0.4 is 20.5 Å². The Morgan fingerprint density at radius 1 is 1.26 bits per heavy atom. The monoisotopic (exact) mass is 466 g/mol. The Balaban J connectivity index is 1.71. The lowest BCUT2D eigenvalue weighted by Gasteiger charge is -2.26. The van der Waals surface area contributed by atoms with Gasteiger partial charge in [-0.3, -0.25) is 14.7 Å². The second kappa shape index (κ2) is 10.7. The van der Waals surface area contributed by atoms with Crippen molar-refractivity contribution in [1.82, 2.24) is 9.88 Å². The van der Waals surface area contributed by atoms with Crippen LogP contribution in [-0.2, 0) is 11.3 Å². The zero-order valence-corrected chi connectivity index (χ0v) is 19.5. The third-order valence-corrected chi connectivity index (χ3v) is 6.06. The molecule has 34 heavy (non-hydrogen) atoms. The SMILES string of the molecule is COc1cc2ncc(C(N)=O)c(Nc3cccc(CO)c3C)c2cc1OCCN1CCOCC1. The molecule has 2 aromatic carbocycles. The number of nitrogens with one attached hydrogen (secondary N) is 1. The molecule has 0 unspecified atom stereocenters. The molecule has 4 N–H and O–H groups in total. The van der Waals surface area contributed by atoms with Crippen molar-refractivity contribution in [2.75, 3.05) is 51.9 Å². The van der Waals surface area contributed by atoms with Crippen LogP contribution in [0.4, 0.5) is 11.4 Å². The van der Waals surface area contributed by atoms with Crippen LogP contribution in [0.1, 0.15) is 21.5 Å². The minimum Gasteiger partial charge on any atom is -0.493 e. The van der Waals surface area contributed by atoms with Gasteiger partial charge in [0.25, 0.3) is 5.91 Å². The van der Waals surface area contributed by atoms with Gasteiger partial charge in [-0.2, -0.15) is 0 Å². The van der Waals surface area contributed by atoms with E-state index in [2.05, 4.69) is 15.2 Å². The highest BCUT2D eigenvalue weighted by Gasteiger charge is 2.18. The van der Waals surface area contributed by atoms with E-state index >= 15 is 0 Å². The molecule has 180 valence electrons. The third-order valence-electron chi connectivity index (χ3n) is 6.06. The molecule has 9 nitrogen and oxygen atoms in total. The van der Waals surface area contributed by atoms with E-state index in [1.165, 1.54) is 6.20 Å². The number of ether oxygens (including phenoxy) is 3. The number of primary amides is 1. The van der Waals surface area contributed by atoms with E-state index in [1.807, 2.05) is 31.2 Å². The first kappa shape index (κ1) is 23.7. The molecule has 0 aliphatic carbocycles. The van der Waals surface area contributed by atoms with Crippen molar-refractivity contribution in [3.05, 3.63) is 53.2 Å². The zero-order chi connectivity index (χ0) is 24.1. The summed E-state index contributed by atoms with van der Waals surface area (Å²) >= 11 is 0. The van der Waals surface area contributed by atoms with Gasteiger partial charge in [-0.1, -0.05) is 12.1 Å². The average molecular weight is 467 g/mol. The quantitative estimate of drug-likeness (QED) is 0.440. The molecular formula is C25H30N4O5. The third kappa shape index (κ3) is 5.06. The Morgan fingerprint density at radius 3 is 2.76 bits per heavy atom. The van der Waals surface area contributed by atoms with Gasteiger partial charge >= 0.3 is 0 Å². The number of fused-ring (bicyclic) bond motifs is 1. The van der Waals surface area contributed by atoms with Crippen molar-refractivity contribution >= 4 is 28.2 Å². The highest BCUT2D eigenvalue weighted by molar-refractivity contribution is 6.08. The van der Waals surface area contributed by atoms with Crippen LogP contribution in [-0.4, -0.2) is 67.5 Å². The Labute approximate surface area is 198 Å². The molecule has 1 aromatic heterocycles. The number of rotatable bonds is 9. The highest BCUT2D eigenvalue weighted by atomic mass is 16.5. The number of amides is 1. The minimum atomic E-state index is -0.599. The minimum absolute atomic E-state index is 0.0839. The molecule has 1 aliphatic rings. The van der Waals surface area contributed by atoms with Crippen molar-refractivity contribution < 1.29 is 24.1 Å². The number of aromatic nitrogens is 1. The number of carbonyl (C=O) groups excluding carboxylic acids is 1. The van der Waals surface area contributed by atoms with Crippen molar-refractivity contribution in [1.29, 1.82) is 0 Å². The van der Waals surface area contributed by atoms with Gasteiger partial charge in [0.05, 0.1) is 43.7 Å². The first-order chi connectivity index (χ1) is 16.5. The number of anilines is 2. The average Bonchev–Trinajstić information content (AvgIpc) is 2.85. The number of carbonyl (C=O) groups is 1. The van der Waals surface area contributed by atoms with Gasteiger partial charge in [0, 0.05) is 43.0 Å². The fraction of sp³-hybridized carbons (Fsp3) is 0.360. The maximum Gasteiger partial charge on any atom is 0.252 e. The predicted molar refractivity (Wildman–Crippen MR) is 130 cm³/mol. The van der Waals surface area contributed by atoms with Gasteiger partial charge in [0.15, 0.2) is 11.5 Å². The van der Waals surface area contributed by atoms with Crippen LogP contribution in [0, 0.1) is 6.92 Å². The number of benzene rings is 2. The van der Waals surface area contributed by atoms with E-state index in [0.29, 0.717) is 34.7 Å². The van der Waals surface area contributed by atoms with E-state index in [1.54, 1.807) is 13.2 Å². The summed E-state index contributed by atoms with van der Waals surface area (Å²) in [6.45, 7) is 6.28. The fourth-order valence-electron chi connectivity index (χ4n) is 4.03. The van der Waals surface area contributed by atoms with Crippen LogP contribution in [0.15, 0.2) is 36.5 Å². The molecule has 9 heteroatoms. The van der Waals surface area contributed by atoms with E-state index < -0.39 is 5.91 Å². The van der Waals surface area contributed by atoms with E-state index in [-0.39, 0.29) is 12.2 Å². The first-order valence-electron chi connectivity index (χ1n) is 11.2. The molecule has 0 saturated carbocycles. The van der Waals surface area contributed by atoms with Crippen molar-refractivity contribution in [3.63, 3.8) is 0 Å². The molecule has 1 saturated heterocycles. The number of nitrogens with zero attached hydrogens (tertiary/aromatic N) is 2. The normalized spacial score (nSPS) is 14.2. The van der Waals surface area contributed by atoms with Crippen molar-refractivity contribution in [2.45, 2.75) is 13.5 Å². The van der Waals surface area contributed by atoms with Gasteiger partial charge in [-0.15, -0.1) is 0 Å². The molecule has 2 heterocycles. The van der Waals surface area contributed by atoms with Crippen LogP contribution >= 0.6 is 0 Å². The van der Waals surface area contributed by atoms with Crippen LogP contribution in [0.3, 0.4) is 0 Å². The summed E-state index contributed by atoms with van der Waals surface area (Å²) in [4.78, 5) is 19.0. The molecule has 3 aromatic rings. The summed E-state index contributed by atoms with van der Waals surface area (Å²) < 4.78 is 17.0. The van der Waals surface area contributed by atoms with Gasteiger partial charge in [0.1, 0.15) is 6.61 Å². The summed E-state index contributed by atoms with van der Waals surface area (Å²) in [6, 6.07) is 9.19. The van der Waals surface area contributed by atoms with Crippen molar-refractivity contribution in [2.24, 2.45) is 5.73 Å². The number of morpholine rings is 1. The van der Waals surface area contributed by atoms with Gasteiger partial charge in [-0.25, -0.2) is 0 Å². The van der Waals surface area contributed by atoms with Crippen molar-refractivity contribution in [3.8, 4) is 11.5 Å². The zero-order valence-electron chi connectivity index (χ0n) is 19.5. The number of hydrogen-bond acceptors (Lipinski definition) is 8. The van der Waals surface area contributed by atoms with Gasteiger partial charge in [-0.05, 0) is 30.2 Å². The Hall–Kier alpha value is -3.40. The standard InChI is InChI=1S/C25H30N4O5/c1-16-17(15-30)4-3-5-20(16)28-24-18-12-23(34-11-8-29-6-9-33-10-7-29)22(32-2)13-21(18)27-14-19(24)25(26)31/h3-5,12-14,30H,6-11,15H2,1-2H3,(H2,26,31)(H,27,28). The van der Waals surface area contributed by atoms with Gasteiger partial charge in [0.2, 0.25) is 0 Å². The molecule has 0 atom stereocenters. The fourth-order valence-corrected chi connectivity index (χ4v) is 4.03. The van der Waals surface area contributed by atoms with E-state index in [0.717, 1.165) is 49.7 Å². The topological polar surface area (TPSA) is 119 Å². The summed E-state index contributed by atoms with van der Waals surface area (Å²) in [5.74, 6) is 0.507.